The Morgan fingerprint density at radius 2 is 2.11 bits per heavy atom. The molecule has 100 valence electrons. The van der Waals surface area contributed by atoms with Crippen molar-refractivity contribution >= 4 is 16.6 Å². The third-order valence-corrected chi connectivity index (χ3v) is 3.91. The van der Waals surface area contributed by atoms with Gasteiger partial charge in [-0.05, 0) is 31.7 Å². The van der Waals surface area contributed by atoms with Crippen LogP contribution in [0.5, 0.6) is 0 Å². The summed E-state index contributed by atoms with van der Waals surface area (Å²) in [5.74, 6) is 0. The number of aromatic nitrogens is 2. The van der Waals surface area contributed by atoms with Crippen LogP contribution < -0.4 is 4.90 Å². The highest BCUT2D eigenvalue weighted by molar-refractivity contribution is 5.90. The third kappa shape index (κ3) is 2.40. The standard InChI is InChI=1S/C15H19N3O/c19-10-4-9-18(12-5-3-6-12)15-11-16-17-14-8-2-1-7-13(14)15/h1-2,7-8,11-12,19H,3-6,9-10H2. The van der Waals surface area contributed by atoms with Crippen LogP contribution in [0.2, 0.25) is 0 Å². The van der Waals surface area contributed by atoms with Crippen molar-refractivity contribution in [3.63, 3.8) is 0 Å². The van der Waals surface area contributed by atoms with Gasteiger partial charge in [0.1, 0.15) is 0 Å². The van der Waals surface area contributed by atoms with Crippen molar-refractivity contribution in [2.45, 2.75) is 31.7 Å². The van der Waals surface area contributed by atoms with Gasteiger partial charge in [-0.3, -0.25) is 0 Å². The quantitative estimate of drug-likeness (QED) is 0.893. The van der Waals surface area contributed by atoms with Crippen molar-refractivity contribution < 1.29 is 5.11 Å². The molecule has 1 saturated carbocycles. The van der Waals surface area contributed by atoms with Crippen molar-refractivity contribution in [2.75, 3.05) is 18.1 Å². The lowest BCUT2D eigenvalue weighted by Gasteiger charge is -2.39. The normalized spacial score (nSPS) is 15.4. The second-order valence-electron chi connectivity index (χ2n) is 5.10. The summed E-state index contributed by atoms with van der Waals surface area (Å²) >= 11 is 0. The maximum Gasteiger partial charge on any atom is 0.0950 e. The molecule has 0 amide bonds. The summed E-state index contributed by atoms with van der Waals surface area (Å²) in [6.45, 7) is 1.12. The topological polar surface area (TPSA) is 49.2 Å². The molecule has 1 aromatic heterocycles. The lowest BCUT2D eigenvalue weighted by atomic mass is 9.90. The molecule has 1 fully saturated rings. The minimum atomic E-state index is 0.236. The van der Waals surface area contributed by atoms with E-state index in [1.807, 2.05) is 24.4 Å². The van der Waals surface area contributed by atoms with Crippen LogP contribution in [0, 0.1) is 0 Å². The first-order chi connectivity index (χ1) is 9.40. The minimum Gasteiger partial charge on any atom is -0.396 e. The fraction of sp³-hybridized carbons (Fsp3) is 0.467. The summed E-state index contributed by atoms with van der Waals surface area (Å²) in [5.41, 5.74) is 2.09. The van der Waals surface area contributed by atoms with Gasteiger partial charge in [0.25, 0.3) is 0 Å². The van der Waals surface area contributed by atoms with Crippen LogP contribution in [0.1, 0.15) is 25.7 Å². The first-order valence-electron chi connectivity index (χ1n) is 6.98. The van der Waals surface area contributed by atoms with E-state index in [4.69, 9.17) is 5.11 Å². The van der Waals surface area contributed by atoms with E-state index in [2.05, 4.69) is 21.2 Å². The average Bonchev–Trinajstić information content (AvgIpc) is 2.41. The molecule has 1 aromatic carbocycles. The number of fused-ring (bicyclic) bond motifs is 1. The predicted octanol–water partition coefficient (Wildman–Crippen LogP) is 2.37. The van der Waals surface area contributed by atoms with Gasteiger partial charge in [-0.1, -0.05) is 18.2 Å². The van der Waals surface area contributed by atoms with Crippen LogP contribution >= 0.6 is 0 Å². The molecule has 0 unspecified atom stereocenters. The molecule has 4 nitrogen and oxygen atoms in total. The summed E-state index contributed by atoms with van der Waals surface area (Å²) in [6.07, 6.45) is 6.44. The van der Waals surface area contributed by atoms with Gasteiger partial charge >= 0.3 is 0 Å². The molecule has 1 aliphatic rings. The highest BCUT2D eigenvalue weighted by Gasteiger charge is 2.26. The first-order valence-corrected chi connectivity index (χ1v) is 6.98. The van der Waals surface area contributed by atoms with Crippen molar-refractivity contribution in [2.24, 2.45) is 0 Å². The Kier molecular flexibility index (Phi) is 3.60. The van der Waals surface area contributed by atoms with Gasteiger partial charge in [0.05, 0.1) is 17.4 Å². The Bertz CT molecular complexity index is 549. The van der Waals surface area contributed by atoms with Crippen LogP contribution in [0.15, 0.2) is 30.5 Å². The number of hydrogen-bond acceptors (Lipinski definition) is 4. The van der Waals surface area contributed by atoms with E-state index in [-0.39, 0.29) is 6.61 Å². The number of hydrogen-bond donors (Lipinski definition) is 1. The molecule has 2 aromatic rings. The maximum absolute atomic E-state index is 9.09. The van der Waals surface area contributed by atoms with Crippen LogP contribution in [0.25, 0.3) is 10.9 Å². The Morgan fingerprint density at radius 3 is 2.84 bits per heavy atom. The number of anilines is 1. The summed E-state index contributed by atoms with van der Waals surface area (Å²) in [7, 11) is 0. The lowest BCUT2D eigenvalue weighted by Crippen LogP contribution is -2.41. The molecule has 19 heavy (non-hydrogen) atoms. The van der Waals surface area contributed by atoms with Gasteiger partial charge in [0.2, 0.25) is 0 Å². The monoisotopic (exact) mass is 257 g/mol. The molecule has 4 heteroatoms. The average molecular weight is 257 g/mol. The Balaban J connectivity index is 1.98. The summed E-state index contributed by atoms with van der Waals surface area (Å²) < 4.78 is 0. The van der Waals surface area contributed by atoms with Crippen LogP contribution in [0.3, 0.4) is 0 Å². The maximum atomic E-state index is 9.09. The summed E-state index contributed by atoms with van der Waals surface area (Å²) in [5, 5.41) is 18.6. The van der Waals surface area contributed by atoms with E-state index in [1.54, 1.807) is 0 Å². The lowest BCUT2D eigenvalue weighted by molar-refractivity contribution is 0.283. The molecule has 1 aliphatic carbocycles. The third-order valence-electron chi connectivity index (χ3n) is 3.91. The second-order valence-corrected chi connectivity index (χ2v) is 5.10. The number of benzene rings is 1. The fourth-order valence-electron chi connectivity index (χ4n) is 2.66. The van der Waals surface area contributed by atoms with E-state index >= 15 is 0 Å². The van der Waals surface area contributed by atoms with Crippen molar-refractivity contribution in [3.8, 4) is 0 Å². The number of rotatable bonds is 5. The van der Waals surface area contributed by atoms with E-state index in [9.17, 15) is 0 Å². The van der Waals surface area contributed by atoms with Crippen LogP contribution in [-0.2, 0) is 0 Å². The van der Waals surface area contributed by atoms with E-state index < -0.39 is 0 Å². The SMILES string of the molecule is OCCCN(c1cnnc2ccccc12)C1CCC1. The number of aliphatic hydroxyl groups is 1. The zero-order valence-corrected chi connectivity index (χ0v) is 11.0. The first kappa shape index (κ1) is 12.4. The second kappa shape index (κ2) is 5.53. The molecule has 0 saturated heterocycles. The molecule has 0 radical (unpaired) electrons. The van der Waals surface area contributed by atoms with Gasteiger partial charge < -0.3 is 10.0 Å². The summed E-state index contributed by atoms with van der Waals surface area (Å²) in [4.78, 5) is 2.40. The van der Waals surface area contributed by atoms with E-state index in [0.29, 0.717) is 6.04 Å². The smallest absolute Gasteiger partial charge is 0.0950 e. The van der Waals surface area contributed by atoms with Gasteiger partial charge in [0, 0.05) is 24.6 Å². The number of nitrogens with zero attached hydrogens (tertiary/aromatic N) is 3. The molecule has 3 rings (SSSR count). The molecule has 0 bridgehead atoms. The molecular weight excluding hydrogens is 238 g/mol. The summed E-state index contributed by atoms with van der Waals surface area (Å²) in [6, 6.07) is 8.72. The minimum absolute atomic E-state index is 0.236. The highest BCUT2D eigenvalue weighted by atomic mass is 16.3. The zero-order valence-electron chi connectivity index (χ0n) is 11.0. The molecular formula is C15H19N3O. The Morgan fingerprint density at radius 1 is 1.26 bits per heavy atom. The van der Waals surface area contributed by atoms with Gasteiger partial charge in [0.15, 0.2) is 0 Å². The molecule has 0 aliphatic heterocycles. The molecule has 0 atom stereocenters. The van der Waals surface area contributed by atoms with Gasteiger partial charge in [-0.25, -0.2) is 0 Å². The van der Waals surface area contributed by atoms with E-state index in [1.165, 1.54) is 19.3 Å². The Hall–Kier alpha value is -1.68. The molecule has 1 N–H and O–H groups in total. The van der Waals surface area contributed by atoms with E-state index in [0.717, 1.165) is 29.6 Å². The van der Waals surface area contributed by atoms with Crippen molar-refractivity contribution in [3.05, 3.63) is 30.5 Å². The largest absolute Gasteiger partial charge is 0.396 e. The van der Waals surface area contributed by atoms with Crippen molar-refractivity contribution in [1.82, 2.24) is 10.2 Å². The number of aliphatic hydroxyl groups excluding tert-OH is 1. The van der Waals surface area contributed by atoms with Crippen LogP contribution in [0.4, 0.5) is 5.69 Å². The van der Waals surface area contributed by atoms with Crippen molar-refractivity contribution in [1.29, 1.82) is 0 Å². The molecule has 0 spiro atoms. The van der Waals surface area contributed by atoms with Crippen LogP contribution in [-0.4, -0.2) is 34.5 Å². The highest BCUT2D eigenvalue weighted by Crippen LogP contribution is 2.32. The predicted molar refractivity (Wildman–Crippen MR) is 76.2 cm³/mol. The van der Waals surface area contributed by atoms with Gasteiger partial charge in [-0.15, -0.1) is 0 Å². The fourth-order valence-corrected chi connectivity index (χ4v) is 2.66. The molecule has 1 heterocycles. The van der Waals surface area contributed by atoms with Gasteiger partial charge in [-0.2, -0.15) is 10.2 Å². The Labute approximate surface area is 113 Å². The zero-order chi connectivity index (χ0) is 13.1.